The van der Waals surface area contributed by atoms with Crippen LogP contribution in [0.2, 0.25) is 0 Å². The van der Waals surface area contributed by atoms with Gasteiger partial charge >= 0.3 is 6.36 Å². The fourth-order valence-electron chi connectivity index (χ4n) is 4.37. The minimum atomic E-state index is -4.85. The van der Waals surface area contributed by atoms with Gasteiger partial charge in [-0.3, -0.25) is 0 Å². The number of nitrogens with zero attached hydrogens (tertiary/aromatic N) is 5. The summed E-state index contributed by atoms with van der Waals surface area (Å²) in [7, 11) is 0. The van der Waals surface area contributed by atoms with Crippen molar-refractivity contribution in [3.63, 3.8) is 0 Å². The standard InChI is InChI=1S/C28H22F5N5O3S/c1-3-27(29,30)26-16-37(17(2)35-26)23-12-9-20(19-5-4-6-22(13-19)42(39)40)14-24(23)38-25(15-34-36-38)18-7-10-21(11-8-18)41-28(31,32)33/h4-16H,3H2,1-2H3,(H,39,40). The minimum Gasteiger partial charge on any atom is -0.406 e. The van der Waals surface area contributed by atoms with Gasteiger partial charge in [0.25, 0.3) is 5.92 Å². The number of aromatic nitrogens is 5. The Morgan fingerprint density at radius 1 is 0.929 bits per heavy atom. The highest BCUT2D eigenvalue weighted by atomic mass is 32.2. The molecule has 0 saturated carbocycles. The fraction of sp³-hybridized carbons (Fsp3) is 0.179. The van der Waals surface area contributed by atoms with E-state index in [-0.39, 0.29) is 10.7 Å². The molecule has 3 aromatic carbocycles. The molecule has 0 aliphatic carbocycles. The van der Waals surface area contributed by atoms with Crippen molar-refractivity contribution in [3.05, 3.63) is 90.6 Å². The molecule has 0 aliphatic heterocycles. The first-order valence-electron chi connectivity index (χ1n) is 12.4. The van der Waals surface area contributed by atoms with E-state index >= 15 is 0 Å². The molecule has 0 amide bonds. The number of halogens is 5. The van der Waals surface area contributed by atoms with Gasteiger partial charge in [-0.1, -0.05) is 30.3 Å². The van der Waals surface area contributed by atoms with Gasteiger partial charge in [-0.15, -0.1) is 18.3 Å². The largest absolute Gasteiger partial charge is 0.573 e. The summed E-state index contributed by atoms with van der Waals surface area (Å²) < 4.78 is 95.2. The van der Waals surface area contributed by atoms with E-state index in [1.165, 1.54) is 46.8 Å². The summed E-state index contributed by atoms with van der Waals surface area (Å²) in [5.74, 6) is -3.29. The topological polar surface area (TPSA) is 95.1 Å². The first-order valence-corrected chi connectivity index (χ1v) is 13.5. The highest BCUT2D eigenvalue weighted by Crippen LogP contribution is 2.35. The molecule has 1 N–H and O–H groups in total. The molecule has 2 heterocycles. The van der Waals surface area contributed by atoms with E-state index in [1.807, 2.05) is 0 Å². The van der Waals surface area contributed by atoms with Gasteiger partial charge in [0.2, 0.25) is 0 Å². The van der Waals surface area contributed by atoms with Crippen molar-refractivity contribution in [2.45, 2.75) is 37.4 Å². The van der Waals surface area contributed by atoms with Gasteiger partial charge in [0.1, 0.15) is 17.3 Å². The maximum Gasteiger partial charge on any atom is 0.573 e. The highest BCUT2D eigenvalue weighted by Gasteiger charge is 2.33. The van der Waals surface area contributed by atoms with E-state index in [2.05, 4.69) is 20.0 Å². The zero-order chi connectivity index (χ0) is 30.2. The first kappa shape index (κ1) is 29.1. The molecule has 2 aromatic heterocycles. The summed E-state index contributed by atoms with van der Waals surface area (Å²) in [4.78, 5) is 4.26. The van der Waals surface area contributed by atoms with Crippen molar-refractivity contribution in [1.82, 2.24) is 24.5 Å². The highest BCUT2D eigenvalue weighted by molar-refractivity contribution is 7.79. The first-order chi connectivity index (χ1) is 19.9. The Hall–Kier alpha value is -4.43. The molecule has 14 heteroatoms. The molecule has 218 valence electrons. The summed E-state index contributed by atoms with van der Waals surface area (Å²) in [5, 5.41) is 8.19. The van der Waals surface area contributed by atoms with Crippen molar-refractivity contribution >= 4 is 11.1 Å². The zero-order valence-electron chi connectivity index (χ0n) is 22.0. The summed E-state index contributed by atoms with van der Waals surface area (Å²) in [6.07, 6.45) is -2.65. The minimum absolute atomic E-state index is 0.178. The van der Waals surface area contributed by atoms with Crippen LogP contribution in [0.4, 0.5) is 22.0 Å². The smallest absolute Gasteiger partial charge is 0.406 e. The lowest BCUT2D eigenvalue weighted by atomic mass is 10.0. The Labute approximate surface area is 238 Å². The van der Waals surface area contributed by atoms with Crippen molar-refractivity contribution in [2.24, 2.45) is 0 Å². The Morgan fingerprint density at radius 2 is 1.62 bits per heavy atom. The van der Waals surface area contributed by atoms with Gasteiger partial charge in [-0.05, 0) is 66.6 Å². The fourth-order valence-corrected chi connectivity index (χ4v) is 4.79. The van der Waals surface area contributed by atoms with Crippen LogP contribution in [0.1, 0.15) is 24.9 Å². The molecular weight excluding hydrogens is 581 g/mol. The third-order valence-electron chi connectivity index (χ3n) is 6.47. The van der Waals surface area contributed by atoms with Crippen LogP contribution in [0, 0.1) is 6.92 Å². The number of rotatable bonds is 8. The lowest BCUT2D eigenvalue weighted by Gasteiger charge is -2.16. The number of hydrogen-bond acceptors (Lipinski definition) is 5. The number of hydrogen-bond donors (Lipinski definition) is 1. The van der Waals surface area contributed by atoms with Crippen LogP contribution in [0.25, 0.3) is 33.8 Å². The number of aryl methyl sites for hydroxylation is 1. The summed E-state index contributed by atoms with van der Waals surface area (Å²) >= 11 is -2.22. The van der Waals surface area contributed by atoms with Crippen LogP contribution in [0.15, 0.2) is 84.0 Å². The molecular formula is C28H22F5N5O3S. The average Bonchev–Trinajstić information content (AvgIpc) is 3.60. The third-order valence-corrected chi connectivity index (χ3v) is 7.12. The number of benzene rings is 3. The molecule has 1 atom stereocenters. The maximum absolute atomic E-state index is 14.5. The van der Waals surface area contributed by atoms with E-state index in [9.17, 15) is 30.7 Å². The third kappa shape index (κ3) is 5.94. The van der Waals surface area contributed by atoms with E-state index in [0.29, 0.717) is 33.8 Å². The second kappa shape index (κ2) is 11.1. The van der Waals surface area contributed by atoms with E-state index in [1.54, 1.807) is 43.3 Å². The Bertz CT molecular complexity index is 1770. The quantitative estimate of drug-likeness (QED) is 0.151. The van der Waals surface area contributed by atoms with Crippen LogP contribution in [0.5, 0.6) is 5.75 Å². The van der Waals surface area contributed by atoms with Crippen molar-refractivity contribution in [3.8, 4) is 39.5 Å². The molecule has 0 spiro atoms. The van der Waals surface area contributed by atoms with Crippen LogP contribution < -0.4 is 4.74 Å². The van der Waals surface area contributed by atoms with Crippen molar-refractivity contribution < 1.29 is 35.5 Å². The van der Waals surface area contributed by atoms with Gasteiger partial charge in [0.05, 0.1) is 28.2 Å². The van der Waals surface area contributed by atoms with Crippen molar-refractivity contribution in [2.75, 3.05) is 0 Å². The molecule has 42 heavy (non-hydrogen) atoms. The molecule has 5 rings (SSSR count). The normalized spacial score (nSPS) is 12.9. The molecule has 0 radical (unpaired) electrons. The molecule has 0 bridgehead atoms. The molecule has 0 aliphatic rings. The Balaban J connectivity index is 1.68. The van der Waals surface area contributed by atoms with Crippen LogP contribution in [-0.2, 0) is 17.0 Å². The molecule has 5 aromatic rings. The molecule has 8 nitrogen and oxygen atoms in total. The molecule has 0 fully saturated rings. The molecule has 0 saturated heterocycles. The lowest BCUT2D eigenvalue weighted by molar-refractivity contribution is -0.274. The zero-order valence-corrected chi connectivity index (χ0v) is 22.8. The van der Waals surface area contributed by atoms with E-state index < -0.39 is 41.2 Å². The summed E-state index contributed by atoms with van der Waals surface area (Å²) in [6.45, 7) is 2.93. The van der Waals surface area contributed by atoms with Gasteiger partial charge < -0.3 is 13.9 Å². The average molecular weight is 604 g/mol. The number of imidazole rings is 1. The van der Waals surface area contributed by atoms with E-state index in [4.69, 9.17) is 0 Å². The summed E-state index contributed by atoms with van der Waals surface area (Å²) in [5.41, 5.74) is 2.41. The van der Waals surface area contributed by atoms with E-state index in [0.717, 1.165) is 12.1 Å². The lowest BCUT2D eigenvalue weighted by Crippen LogP contribution is -2.16. The predicted octanol–water partition coefficient (Wildman–Crippen LogP) is 7.08. The van der Waals surface area contributed by atoms with Gasteiger partial charge in [-0.25, -0.2) is 13.9 Å². The number of ether oxygens (including phenoxy) is 1. The van der Waals surface area contributed by atoms with Gasteiger partial charge in [0.15, 0.2) is 11.1 Å². The SMILES string of the molecule is CCC(F)(F)c1cn(-c2ccc(-c3cccc(S(=O)O)c3)cc2-n2nncc2-c2ccc(OC(F)(F)F)cc2)c(C)n1. The maximum atomic E-state index is 14.5. The summed E-state index contributed by atoms with van der Waals surface area (Å²) in [6, 6.07) is 16.6. The second-order valence-electron chi connectivity index (χ2n) is 9.19. The Kier molecular flexibility index (Phi) is 7.68. The van der Waals surface area contributed by atoms with Crippen molar-refractivity contribution in [1.29, 1.82) is 0 Å². The Morgan fingerprint density at radius 3 is 2.29 bits per heavy atom. The van der Waals surface area contributed by atoms with Gasteiger partial charge in [0, 0.05) is 18.2 Å². The number of alkyl halides is 5. The monoisotopic (exact) mass is 603 g/mol. The van der Waals surface area contributed by atoms with Crippen LogP contribution in [0.3, 0.4) is 0 Å². The second-order valence-corrected chi connectivity index (χ2v) is 10.2. The van der Waals surface area contributed by atoms with Crippen LogP contribution in [-0.4, -0.2) is 39.7 Å². The molecule has 1 unspecified atom stereocenters. The van der Waals surface area contributed by atoms with Crippen LogP contribution >= 0.6 is 0 Å². The predicted molar refractivity (Wildman–Crippen MR) is 144 cm³/mol. The van der Waals surface area contributed by atoms with Gasteiger partial charge in [-0.2, -0.15) is 8.78 Å².